The van der Waals surface area contributed by atoms with Crippen molar-refractivity contribution in [3.8, 4) is 0 Å². The van der Waals surface area contributed by atoms with Crippen molar-refractivity contribution >= 4 is 11.4 Å². The summed E-state index contributed by atoms with van der Waals surface area (Å²) in [5.41, 5.74) is 6.70. The molecule has 2 N–H and O–H groups in total. The van der Waals surface area contributed by atoms with Gasteiger partial charge in [0.05, 0.1) is 5.69 Å². The van der Waals surface area contributed by atoms with Crippen molar-refractivity contribution in [2.24, 2.45) is 0 Å². The minimum absolute atomic E-state index is 0.212. The van der Waals surface area contributed by atoms with Crippen LogP contribution in [0.3, 0.4) is 0 Å². The smallest absolute Gasteiger partial charge is 0.148 e. The summed E-state index contributed by atoms with van der Waals surface area (Å²) in [6.07, 6.45) is 2.26. The van der Waals surface area contributed by atoms with Gasteiger partial charge < -0.3 is 10.6 Å². The lowest BCUT2D eigenvalue weighted by molar-refractivity contribution is 0.601. The number of hydrogen-bond donors (Lipinski definition) is 1. The third-order valence-electron chi connectivity index (χ3n) is 3.20. The van der Waals surface area contributed by atoms with Gasteiger partial charge in [-0.05, 0) is 44.9 Å². The van der Waals surface area contributed by atoms with Crippen LogP contribution in [0.2, 0.25) is 0 Å². The monoisotopic (exact) mass is 208 g/mol. The van der Waals surface area contributed by atoms with Gasteiger partial charge in [0.2, 0.25) is 0 Å². The van der Waals surface area contributed by atoms with E-state index in [2.05, 4.69) is 18.7 Å². The van der Waals surface area contributed by atoms with Crippen LogP contribution in [0.4, 0.5) is 15.8 Å². The molecule has 1 aromatic carbocycles. The summed E-state index contributed by atoms with van der Waals surface area (Å²) in [6, 6.07) is 5.77. The lowest BCUT2D eigenvalue weighted by Gasteiger charge is -2.29. The molecule has 2 unspecified atom stereocenters. The first-order valence-corrected chi connectivity index (χ1v) is 5.43. The molecule has 1 heterocycles. The van der Waals surface area contributed by atoms with Crippen LogP contribution in [0, 0.1) is 5.82 Å². The Morgan fingerprint density at radius 1 is 1.27 bits per heavy atom. The molecule has 1 aromatic rings. The van der Waals surface area contributed by atoms with E-state index in [1.807, 2.05) is 0 Å². The highest BCUT2D eigenvalue weighted by molar-refractivity contribution is 5.56. The fourth-order valence-corrected chi connectivity index (χ4v) is 2.40. The van der Waals surface area contributed by atoms with Gasteiger partial charge in [0.1, 0.15) is 5.82 Å². The number of halogens is 1. The molecule has 82 valence electrons. The third kappa shape index (κ3) is 1.78. The summed E-state index contributed by atoms with van der Waals surface area (Å²) < 4.78 is 13.7. The summed E-state index contributed by atoms with van der Waals surface area (Å²) in [5, 5.41) is 0. The van der Waals surface area contributed by atoms with E-state index in [0.29, 0.717) is 23.5 Å². The SMILES string of the molecule is CC1CCC(C)N1c1ccc(N)cc1F. The van der Waals surface area contributed by atoms with E-state index in [1.54, 1.807) is 12.1 Å². The van der Waals surface area contributed by atoms with Crippen LogP contribution in [0.15, 0.2) is 18.2 Å². The van der Waals surface area contributed by atoms with Crippen molar-refractivity contribution in [1.82, 2.24) is 0 Å². The highest BCUT2D eigenvalue weighted by Gasteiger charge is 2.28. The molecule has 1 aliphatic rings. The molecule has 0 spiro atoms. The van der Waals surface area contributed by atoms with Gasteiger partial charge in [0.15, 0.2) is 0 Å². The van der Waals surface area contributed by atoms with Crippen LogP contribution in [-0.4, -0.2) is 12.1 Å². The fraction of sp³-hybridized carbons (Fsp3) is 0.500. The van der Waals surface area contributed by atoms with Crippen molar-refractivity contribution < 1.29 is 4.39 Å². The third-order valence-corrected chi connectivity index (χ3v) is 3.20. The average molecular weight is 208 g/mol. The molecule has 15 heavy (non-hydrogen) atoms. The summed E-state index contributed by atoms with van der Waals surface area (Å²) in [6.45, 7) is 4.28. The summed E-state index contributed by atoms with van der Waals surface area (Å²) in [4.78, 5) is 2.15. The quantitative estimate of drug-likeness (QED) is 0.719. The summed E-state index contributed by atoms with van der Waals surface area (Å²) in [5.74, 6) is -0.212. The van der Waals surface area contributed by atoms with Gasteiger partial charge in [-0.2, -0.15) is 0 Å². The Balaban J connectivity index is 2.36. The number of benzene rings is 1. The Labute approximate surface area is 89.9 Å². The predicted molar refractivity (Wildman–Crippen MR) is 61.4 cm³/mol. The molecule has 2 rings (SSSR count). The minimum Gasteiger partial charge on any atom is -0.399 e. The van der Waals surface area contributed by atoms with Crippen LogP contribution >= 0.6 is 0 Å². The summed E-state index contributed by atoms with van der Waals surface area (Å²) in [7, 11) is 0. The van der Waals surface area contributed by atoms with Gasteiger partial charge in [-0.15, -0.1) is 0 Å². The van der Waals surface area contributed by atoms with E-state index in [1.165, 1.54) is 6.07 Å². The molecule has 3 heteroatoms. The van der Waals surface area contributed by atoms with E-state index in [-0.39, 0.29) is 5.82 Å². The maximum atomic E-state index is 13.7. The van der Waals surface area contributed by atoms with Gasteiger partial charge in [0.25, 0.3) is 0 Å². The lowest BCUT2D eigenvalue weighted by Crippen LogP contribution is -2.33. The zero-order valence-electron chi connectivity index (χ0n) is 9.20. The van der Waals surface area contributed by atoms with Gasteiger partial charge in [-0.25, -0.2) is 4.39 Å². The van der Waals surface area contributed by atoms with E-state index in [4.69, 9.17) is 5.73 Å². The van der Waals surface area contributed by atoms with Crippen molar-refractivity contribution in [2.45, 2.75) is 38.8 Å². The maximum Gasteiger partial charge on any atom is 0.148 e. The average Bonchev–Trinajstić information content (AvgIpc) is 2.48. The van der Waals surface area contributed by atoms with Crippen LogP contribution in [-0.2, 0) is 0 Å². The second-order valence-electron chi connectivity index (χ2n) is 4.39. The Bertz CT molecular complexity index is 355. The van der Waals surface area contributed by atoms with Gasteiger partial charge in [-0.3, -0.25) is 0 Å². The molecule has 0 aromatic heterocycles. The molecule has 2 atom stereocenters. The highest BCUT2D eigenvalue weighted by Crippen LogP contribution is 2.32. The van der Waals surface area contributed by atoms with Crippen LogP contribution in [0.5, 0.6) is 0 Å². The molecule has 2 nitrogen and oxygen atoms in total. The van der Waals surface area contributed by atoms with Gasteiger partial charge in [-0.1, -0.05) is 0 Å². The second-order valence-corrected chi connectivity index (χ2v) is 4.39. The van der Waals surface area contributed by atoms with Gasteiger partial charge >= 0.3 is 0 Å². The molecule has 0 radical (unpaired) electrons. The predicted octanol–water partition coefficient (Wildman–Crippen LogP) is 2.79. The standard InChI is InChI=1S/C12H17FN2/c1-8-3-4-9(2)15(8)12-6-5-10(14)7-11(12)13/h5-9H,3-4,14H2,1-2H3. The number of nitrogens with two attached hydrogens (primary N) is 1. The minimum atomic E-state index is -0.212. The zero-order valence-corrected chi connectivity index (χ0v) is 9.20. The number of anilines is 2. The largest absolute Gasteiger partial charge is 0.399 e. The number of hydrogen-bond acceptors (Lipinski definition) is 2. The van der Waals surface area contributed by atoms with E-state index in [0.717, 1.165) is 12.8 Å². The van der Waals surface area contributed by atoms with E-state index < -0.39 is 0 Å². The topological polar surface area (TPSA) is 29.3 Å². The normalized spacial score (nSPS) is 25.9. The molecule has 0 bridgehead atoms. The first-order valence-electron chi connectivity index (χ1n) is 5.43. The van der Waals surface area contributed by atoms with E-state index >= 15 is 0 Å². The van der Waals surface area contributed by atoms with Crippen molar-refractivity contribution in [3.05, 3.63) is 24.0 Å². The molecule has 0 amide bonds. The molecule has 1 aliphatic heterocycles. The van der Waals surface area contributed by atoms with Gasteiger partial charge in [0, 0.05) is 17.8 Å². The number of rotatable bonds is 1. The Kier molecular flexibility index (Phi) is 2.55. The fourth-order valence-electron chi connectivity index (χ4n) is 2.40. The summed E-state index contributed by atoms with van der Waals surface area (Å²) >= 11 is 0. The zero-order chi connectivity index (χ0) is 11.0. The van der Waals surface area contributed by atoms with Crippen molar-refractivity contribution in [1.29, 1.82) is 0 Å². The Hall–Kier alpha value is -1.25. The molecular formula is C12H17FN2. The second kappa shape index (κ2) is 3.72. The highest BCUT2D eigenvalue weighted by atomic mass is 19.1. The lowest BCUT2D eigenvalue weighted by atomic mass is 10.2. The number of nitrogen functional groups attached to an aromatic ring is 1. The first-order chi connectivity index (χ1) is 7.09. The van der Waals surface area contributed by atoms with E-state index in [9.17, 15) is 4.39 Å². The Morgan fingerprint density at radius 2 is 1.87 bits per heavy atom. The van der Waals surface area contributed by atoms with Crippen LogP contribution in [0.1, 0.15) is 26.7 Å². The molecule has 0 aliphatic carbocycles. The molecule has 0 saturated carbocycles. The first kappa shape index (κ1) is 10.3. The van der Waals surface area contributed by atoms with Crippen LogP contribution < -0.4 is 10.6 Å². The molecular weight excluding hydrogens is 191 g/mol. The van der Waals surface area contributed by atoms with Crippen molar-refractivity contribution in [3.63, 3.8) is 0 Å². The number of nitrogens with zero attached hydrogens (tertiary/aromatic N) is 1. The molecule has 1 fully saturated rings. The maximum absolute atomic E-state index is 13.7. The van der Waals surface area contributed by atoms with Crippen molar-refractivity contribution in [2.75, 3.05) is 10.6 Å². The van der Waals surface area contributed by atoms with Crippen LogP contribution in [0.25, 0.3) is 0 Å². The Morgan fingerprint density at radius 3 is 2.40 bits per heavy atom. The molecule has 1 saturated heterocycles.